The van der Waals surface area contributed by atoms with Crippen molar-refractivity contribution in [1.82, 2.24) is 10.5 Å². The van der Waals surface area contributed by atoms with E-state index in [4.69, 9.17) is 5.21 Å². The fraction of sp³-hybridized carbons (Fsp3) is 0.0909. The van der Waals surface area contributed by atoms with E-state index in [1.165, 1.54) is 11.5 Å². The lowest BCUT2D eigenvalue weighted by Crippen LogP contribution is -2.25. The van der Waals surface area contributed by atoms with Crippen molar-refractivity contribution in [2.45, 2.75) is 6.04 Å². The highest BCUT2D eigenvalue weighted by Crippen LogP contribution is 2.19. The van der Waals surface area contributed by atoms with Crippen molar-refractivity contribution in [1.29, 1.82) is 0 Å². The maximum atomic E-state index is 11.2. The predicted molar refractivity (Wildman–Crippen MR) is 60.2 cm³/mol. The summed E-state index contributed by atoms with van der Waals surface area (Å²) in [5.74, 6) is -0.900. The molecule has 2 aromatic rings. The van der Waals surface area contributed by atoms with E-state index >= 15 is 0 Å². The summed E-state index contributed by atoms with van der Waals surface area (Å²) in [6.45, 7) is 0. The third-order valence-corrected chi connectivity index (χ3v) is 2.36. The molecule has 1 heterocycles. The number of hydrogen-bond acceptors (Lipinski definition) is 5. The van der Waals surface area contributed by atoms with E-state index in [-0.39, 0.29) is 5.69 Å². The molecule has 0 aliphatic carbocycles. The third kappa shape index (κ3) is 2.11. The number of rotatable bonds is 3. The first-order valence-corrected chi connectivity index (χ1v) is 4.88. The van der Waals surface area contributed by atoms with Crippen LogP contribution < -0.4 is 5.48 Å². The molecule has 0 aliphatic heterocycles. The van der Waals surface area contributed by atoms with Crippen molar-refractivity contribution in [3.05, 3.63) is 47.0 Å². The van der Waals surface area contributed by atoms with Gasteiger partial charge in [-0.05, 0) is 17.3 Å². The highest BCUT2D eigenvalue weighted by Gasteiger charge is 2.22. The first-order valence-electron chi connectivity index (χ1n) is 4.88. The zero-order chi connectivity index (χ0) is 12.3. The molecule has 1 amide bonds. The number of nitrogens with one attached hydrogen (secondary N) is 1. The van der Waals surface area contributed by atoms with Crippen molar-refractivity contribution in [2.24, 2.45) is 5.18 Å². The van der Waals surface area contributed by atoms with Gasteiger partial charge in [0.15, 0.2) is 0 Å². The fourth-order valence-electron chi connectivity index (χ4n) is 1.53. The molecule has 6 nitrogen and oxygen atoms in total. The van der Waals surface area contributed by atoms with Crippen LogP contribution in [0.4, 0.5) is 0 Å². The Bertz CT molecular complexity index is 571. The number of carbonyl (C=O) groups is 1. The van der Waals surface area contributed by atoms with Crippen LogP contribution in [-0.4, -0.2) is 16.1 Å². The van der Waals surface area contributed by atoms with Gasteiger partial charge in [0, 0.05) is 5.39 Å². The zero-order valence-electron chi connectivity index (χ0n) is 8.70. The summed E-state index contributed by atoms with van der Waals surface area (Å²) in [4.78, 5) is 25.9. The Labute approximate surface area is 96.2 Å². The topological polar surface area (TPSA) is 91.7 Å². The Morgan fingerprint density at radius 2 is 2.06 bits per heavy atom. The number of pyridine rings is 1. The van der Waals surface area contributed by atoms with Gasteiger partial charge < -0.3 is 0 Å². The van der Waals surface area contributed by atoms with Crippen molar-refractivity contribution in [3.63, 3.8) is 0 Å². The first kappa shape index (κ1) is 11.2. The molecule has 2 N–H and O–H groups in total. The SMILES string of the molecule is O=NC(C(=O)NO)c1ccc2ccccc2n1. The van der Waals surface area contributed by atoms with Crippen molar-refractivity contribution in [3.8, 4) is 0 Å². The first-order chi connectivity index (χ1) is 8.26. The average molecular weight is 231 g/mol. The molecule has 17 heavy (non-hydrogen) atoms. The van der Waals surface area contributed by atoms with Gasteiger partial charge in [-0.15, -0.1) is 4.91 Å². The van der Waals surface area contributed by atoms with E-state index in [2.05, 4.69) is 10.2 Å². The Kier molecular flexibility index (Phi) is 3.06. The molecule has 0 saturated carbocycles. The van der Waals surface area contributed by atoms with Crippen LogP contribution in [0, 0.1) is 4.91 Å². The van der Waals surface area contributed by atoms with Gasteiger partial charge in [0.2, 0.25) is 6.04 Å². The quantitative estimate of drug-likeness (QED) is 0.476. The third-order valence-electron chi connectivity index (χ3n) is 2.36. The van der Waals surface area contributed by atoms with E-state index < -0.39 is 11.9 Å². The van der Waals surface area contributed by atoms with Crippen LogP contribution in [0.15, 0.2) is 41.6 Å². The molecule has 6 heteroatoms. The molecule has 2 rings (SSSR count). The summed E-state index contributed by atoms with van der Waals surface area (Å²) in [5.41, 5.74) is 2.25. The van der Waals surface area contributed by atoms with Crippen molar-refractivity contribution < 1.29 is 10.0 Å². The lowest BCUT2D eigenvalue weighted by atomic mass is 10.1. The smallest absolute Gasteiger partial charge is 0.278 e. The van der Waals surface area contributed by atoms with Crippen LogP contribution in [0.25, 0.3) is 10.9 Å². The number of carbonyl (C=O) groups excluding carboxylic acids is 1. The van der Waals surface area contributed by atoms with Gasteiger partial charge in [-0.1, -0.05) is 24.3 Å². The second-order valence-corrected chi connectivity index (χ2v) is 3.41. The minimum absolute atomic E-state index is 0.199. The Hall–Kier alpha value is -2.34. The molecule has 0 aliphatic rings. The number of fused-ring (bicyclic) bond motifs is 1. The van der Waals surface area contributed by atoms with E-state index in [9.17, 15) is 9.70 Å². The van der Waals surface area contributed by atoms with E-state index in [0.29, 0.717) is 5.52 Å². The molecule has 1 atom stereocenters. The van der Waals surface area contributed by atoms with Gasteiger partial charge in [-0.25, -0.2) is 10.5 Å². The number of benzene rings is 1. The highest BCUT2D eigenvalue weighted by atomic mass is 16.5. The summed E-state index contributed by atoms with van der Waals surface area (Å²) >= 11 is 0. The minimum atomic E-state index is -1.34. The number of aromatic nitrogens is 1. The normalized spacial score (nSPS) is 12.1. The summed E-state index contributed by atoms with van der Waals surface area (Å²) < 4.78 is 0. The molecule has 0 fully saturated rings. The monoisotopic (exact) mass is 231 g/mol. The molecule has 1 aromatic carbocycles. The van der Waals surface area contributed by atoms with Crippen LogP contribution in [0.3, 0.4) is 0 Å². The minimum Gasteiger partial charge on any atom is -0.289 e. The molecule has 0 spiro atoms. The van der Waals surface area contributed by atoms with Crippen LogP contribution >= 0.6 is 0 Å². The molecule has 1 unspecified atom stereocenters. The lowest BCUT2D eigenvalue weighted by Gasteiger charge is -2.07. The molecular weight excluding hydrogens is 222 g/mol. The van der Waals surface area contributed by atoms with Gasteiger partial charge in [0.1, 0.15) is 0 Å². The van der Waals surface area contributed by atoms with Crippen LogP contribution in [0.5, 0.6) is 0 Å². The number of para-hydroxylation sites is 1. The summed E-state index contributed by atoms with van der Waals surface area (Å²) in [7, 11) is 0. The maximum absolute atomic E-state index is 11.2. The number of hydroxylamine groups is 1. The Morgan fingerprint density at radius 3 is 2.76 bits per heavy atom. The van der Waals surface area contributed by atoms with Gasteiger partial charge in [0.05, 0.1) is 11.2 Å². The van der Waals surface area contributed by atoms with E-state index in [0.717, 1.165) is 5.39 Å². The number of amides is 1. The Morgan fingerprint density at radius 1 is 1.29 bits per heavy atom. The van der Waals surface area contributed by atoms with Gasteiger partial charge in [-0.2, -0.15) is 0 Å². The molecular formula is C11H9N3O3. The van der Waals surface area contributed by atoms with Gasteiger partial charge >= 0.3 is 0 Å². The second kappa shape index (κ2) is 4.67. The maximum Gasteiger partial charge on any atom is 0.278 e. The zero-order valence-corrected chi connectivity index (χ0v) is 8.70. The van der Waals surface area contributed by atoms with Gasteiger partial charge in [-0.3, -0.25) is 10.0 Å². The van der Waals surface area contributed by atoms with Crippen LogP contribution in [0.2, 0.25) is 0 Å². The van der Waals surface area contributed by atoms with E-state index in [1.54, 1.807) is 18.2 Å². The molecule has 0 radical (unpaired) electrons. The number of nitrogens with zero attached hydrogens (tertiary/aromatic N) is 2. The average Bonchev–Trinajstić information content (AvgIpc) is 2.39. The lowest BCUT2D eigenvalue weighted by molar-refractivity contribution is -0.130. The summed E-state index contributed by atoms with van der Waals surface area (Å²) in [6.07, 6.45) is 0. The standard InChI is InChI=1S/C11H9N3O3/c15-11(14-17)10(13-16)9-6-5-7-3-1-2-4-8(7)12-9/h1-6,10,17H,(H,14,15). The van der Waals surface area contributed by atoms with Gasteiger partial charge in [0.25, 0.3) is 5.91 Å². The number of nitroso groups, excluding NO2 is 1. The molecule has 0 saturated heterocycles. The van der Waals surface area contributed by atoms with Crippen molar-refractivity contribution >= 4 is 16.8 Å². The van der Waals surface area contributed by atoms with Crippen molar-refractivity contribution in [2.75, 3.05) is 0 Å². The van der Waals surface area contributed by atoms with Crippen LogP contribution in [-0.2, 0) is 4.79 Å². The molecule has 0 bridgehead atoms. The summed E-state index contributed by atoms with van der Waals surface area (Å²) in [6, 6.07) is 9.21. The summed E-state index contributed by atoms with van der Waals surface area (Å²) in [5, 5.41) is 12.0. The number of hydrogen-bond donors (Lipinski definition) is 2. The van der Waals surface area contributed by atoms with Crippen LogP contribution in [0.1, 0.15) is 11.7 Å². The Balaban J connectivity index is 2.47. The highest BCUT2D eigenvalue weighted by molar-refractivity contribution is 5.84. The predicted octanol–water partition coefficient (Wildman–Crippen LogP) is 1.55. The molecule has 1 aromatic heterocycles. The largest absolute Gasteiger partial charge is 0.289 e. The van der Waals surface area contributed by atoms with E-state index in [1.807, 2.05) is 12.1 Å². The fourth-order valence-corrected chi connectivity index (χ4v) is 1.53. The second-order valence-electron chi connectivity index (χ2n) is 3.41. The molecule has 86 valence electrons.